The highest BCUT2D eigenvalue weighted by Crippen LogP contribution is 2.12. The van der Waals surface area contributed by atoms with Crippen LogP contribution in [0.3, 0.4) is 0 Å². The molecular formula is C31H53N11O9S. The number of nitrogens with one attached hydrogen (secondary N) is 5. The molecule has 52 heavy (non-hydrogen) atoms. The lowest BCUT2D eigenvalue weighted by Crippen LogP contribution is -2.60. The molecular weight excluding hydrogens is 702 g/mol. The molecule has 1 aromatic carbocycles. The number of nitrogens with zero attached hydrogens (tertiary/aromatic N) is 1. The van der Waals surface area contributed by atoms with E-state index in [2.05, 4.69) is 44.2 Å². The number of hydrogen-bond acceptors (Lipinski definition) is 13. The molecule has 0 saturated heterocycles. The standard InChI is InChI=1S/C31H53N11O9S/c32-11-2-1-4-20(38-25(45)19(34)10-12-33)27(47)42-24(16-52)29(49)41-23(15-43)28(48)39-21(5-3-13-37-31(35)36)26(46)40-22(30(50)51)14-17-6-8-18(44)9-7-17/h6-9,19-24,43-44,52H,1-5,10-16,32-34H2,(H,38,45)(H,39,48)(H,40,46)(H,41,49)(H,42,47)(H,50,51)(H4,35,36,37)/t19-,20-,21-,22-,23-,24-/m0/s1. The van der Waals surface area contributed by atoms with Crippen molar-refractivity contribution in [2.75, 3.05) is 32.0 Å². The Morgan fingerprint density at radius 1 is 0.692 bits per heavy atom. The van der Waals surface area contributed by atoms with E-state index in [-0.39, 0.29) is 62.7 Å². The van der Waals surface area contributed by atoms with Crippen molar-refractivity contribution in [3.8, 4) is 5.75 Å². The number of carboxylic acids is 1. The smallest absolute Gasteiger partial charge is 0.326 e. The predicted molar refractivity (Wildman–Crippen MR) is 195 cm³/mol. The second-order valence-corrected chi connectivity index (χ2v) is 12.2. The van der Waals surface area contributed by atoms with Gasteiger partial charge in [0.1, 0.15) is 36.0 Å². The van der Waals surface area contributed by atoms with Crippen molar-refractivity contribution in [3.05, 3.63) is 29.8 Å². The summed E-state index contributed by atoms with van der Waals surface area (Å²) in [6.45, 7) is -0.371. The number of aliphatic carboxylic acids is 1. The van der Waals surface area contributed by atoms with Crippen LogP contribution in [0.15, 0.2) is 29.3 Å². The van der Waals surface area contributed by atoms with E-state index < -0.39 is 78.4 Å². The number of aliphatic hydroxyl groups excluding tert-OH is 1. The van der Waals surface area contributed by atoms with Crippen molar-refractivity contribution in [1.82, 2.24) is 26.6 Å². The van der Waals surface area contributed by atoms with E-state index in [0.717, 1.165) is 0 Å². The first kappa shape index (κ1) is 45.3. The largest absolute Gasteiger partial charge is 0.508 e. The summed E-state index contributed by atoms with van der Waals surface area (Å²) in [6, 6.07) is -2.12. The average molecular weight is 756 g/mol. The molecule has 292 valence electrons. The van der Waals surface area contributed by atoms with Gasteiger partial charge in [0.15, 0.2) is 5.96 Å². The maximum absolute atomic E-state index is 13.3. The van der Waals surface area contributed by atoms with Gasteiger partial charge in [0, 0.05) is 18.7 Å². The molecule has 0 spiro atoms. The third-order valence-corrected chi connectivity index (χ3v) is 7.96. The Balaban J connectivity index is 3.09. The van der Waals surface area contributed by atoms with Crippen LogP contribution in [-0.4, -0.2) is 125 Å². The van der Waals surface area contributed by atoms with Crippen LogP contribution in [0.1, 0.15) is 44.1 Å². The Morgan fingerprint density at radius 2 is 1.19 bits per heavy atom. The monoisotopic (exact) mass is 755 g/mol. The number of unbranched alkanes of at least 4 members (excludes halogenated alkanes) is 1. The van der Waals surface area contributed by atoms with E-state index >= 15 is 0 Å². The lowest BCUT2D eigenvalue weighted by atomic mass is 10.0. The van der Waals surface area contributed by atoms with Crippen LogP contribution in [0, 0.1) is 0 Å². The fourth-order valence-corrected chi connectivity index (χ4v) is 4.93. The number of carboxylic acid groups (broad SMARTS) is 1. The molecule has 0 aliphatic heterocycles. The summed E-state index contributed by atoms with van der Waals surface area (Å²) in [5.41, 5.74) is 28.0. The number of hydrogen-bond donors (Lipinski definition) is 14. The number of aromatic hydroxyl groups is 1. The summed E-state index contributed by atoms with van der Waals surface area (Å²) in [7, 11) is 0. The summed E-state index contributed by atoms with van der Waals surface area (Å²) in [6.07, 6.45) is 1.31. The molecule has 0 heterocycles. The van der Waals surface area contributed by atoms with Crippen LogP contribution in [0.25, 0.3) is 0 Å². The first-order chi connectivity index (χ1) is 24.7. The first-order valence-corrected chi connectivity index (χ1v) is 17.3. The van der Waals surface area contributed by atoms with Gasteiger partial charge >= 0.3 is 5.97 Å². The van der Waals surface area contributed by atoms with Gasteiger partial charge in [-0.25, -0.2) is 4.79 Å². The molecule has 18 N–H and O–H groups in total. The van der Waals surface area contributed by atoms with Crippen LogP contribution in [-0.2, 0) is 35.2 Å². The van der Waals surface area contributed by atoms with Crippen LogP contribution < -0.4 is 55.3 Å². The summed E-state index contributed by atoms with van der Waals surface area (Å²) in [5.74, 6) is -6.03. The zero-order valence-electron chi connectivity index (χ0n) is 28.8. The topological polar surface area (TPSA) is 366 Å². The Hall–Kier alpha value is -4.70. The highest BCUT2D eigenvalue weighted by molar-refractivity contribution is 7.80. The lowest BCUT2D eigenvalue weighted by molar-refractivity contribution is -0.142. The highest BCUT2D eigenvalue weighted by atomic mass is 32.1. The SMILES string of the molecule is NCCCC[C@H](NC(=O)[C@@H](N)CCN)C(=O)N[C@@H](CS)C(=O)N[C@@H](CO)C(=O)N[C@@H](CCCN=C(N)N)C(=O)N[C@@H](Cc1ccc(O)cc1)C(=O)O. The third kappa shape index (κ3) is 17.0. The zero-order chi connectivity index (χ0) is 39.2. The van der Waals surface area contributed by atoms with Gasteiger partial charge in [0.05, 0.1) is 12.6 Å². The molecule has 0 aromatic heterocycles. The molecule has 0 unspecified atom stereocenters. The van der Waals surface area contributed by atoms with Gasteiger partial charge in [0.25, 0.3) is 0 Å². The fourth-order valence-electron chi connectivity index (χ4n) is 4.67. The molecule has 6 atom stereocenters. The number of nitrogens with two attached hydrogens (primary N) is 5. The summed E-state index contributed by atoms with van der Waals surface area (Å²) < 4.78 is 0. The summed E-state index contributed by atoms with van der Waals surface area (Å²) in [5, 5.41) is 41.4. The molecule has 5 amide bonds. The minimum atomic E-state index is -1.62. The number of thiol groups is 1. The van der Waals surface area contributed by atoms with E-state index in [4.69, 9.17) is 28.7 Å². The molecule has 20 nitrogen and oxygen atoms in total. The minimum absolute atomic E-state index is 0.0351. The number of aliphatic hydroxyl groups is 1. The number of amides is 5. The quantitative estimate of drug-likeness (QED) is 0.0193. The normalized spacial score (nSPS) is 14.3. The number of benzene rings is 1. The first-order valence-electron chi connectivity index (χ1n) is 16.6. The minimum Gasteiger partial charge on any atom is -0.508 e. The molecule has 0 aliphatic carbocycles. The summed E-state index contributed by atoms with van der Waals surface area (Å²) in [4.78, 5) is 81.3. The molecule has 21 heteroatoms. The van der Waals surface area contributed by atoms with E-state index in [9.17, 15) is 44.1 Å². The number of carbonyl (C=O) groups is 6. The number of rotatable bonds is 25. The van der Waals surface area contributed by atoms with E-state index in [1.54, 1.807) is 0 Å². The van der Waals surface area contributed by atoms with E-state index in [0.29, 0.717) is 24.9 Å². The number of aliphatic imine (C=N–C) groups is 1. The van der Waals surface area contributed by atoms with E-state index in [1.807, 2.05) is 0 Å². The maximum atomic E-state index is 13.3. The van der Waals surface area contributed by atoms with Gasteiger partial charge in [-0.15, -0.1) is 0 Å². The van der Waals surface area contributed by atoms with Crippen LogP contribution in [0.2, 0.25) is 0 Å². The van der Waals surface area contributed by atoms with Crippen molar-refractivity contribution in [2.24, 2.45) is 33.7 Å². The molecule has 1 rings (SSSR count). The Kier molecular flexibility index (Phi) is 21.3. The molecule has 0 aliphatic rings. The lowest BCUT2D eigenvalue weighted by Gasteiger charge is -2.26. The predicted octanol–water partition coefficient (Wildman–Crippen LogP) is -4.78. The molecule has 0 fully saturated rings. The van der Waals surface area contributed by atoms with Crippen LogP contribution in [0.5, 0.6) is 5.75 Å². The molecule has 0 bridgehead atoms. The number of carbonyl (C=O) groups excluding carboxylic acids is 5. The molecule has 0 radical (unpaired) electrons. The molecule has 1 aromatic rings. The van der Waals surface area contributed by atoms with Gasteiger partial charge in [-0.1, -0.05) is 12.1 Å². The summed E-state index contributed by atoms with van der Waals surface area (Å²) >= 11 is 4.13. The Morgan fingerprint density at radius 3 is 1.71 bits per heavy atom. The Labute approximate surface area is 306 Å². The van der Waals surface area contributed by atoms with Crippen molar-refractivity contribution in [2.45, 2.75) is 81.2 Å². The highest BCUT2D eigenvalue weighted by Gasteiger charge is 2.32. The van der Waals surface area contributed by atoms with Gasteiger partial charge in [-0.05, 0) is 69.3 Å². The number of phenols is 1. The third-order valence-electron chi connectivity index (χ3n) is 7.59. The van der Waals surface area contributed by atoms with Gasteiger partial charge in [-0.2, -0.15) is 12.6 Å². The van der Waals surface area contributed by atoms with Gasteiger partial charge in [-0.3, -0.25) is 29.0 Å². The van der Waals surface area contributed by atoms with E-state index in [1.165, 1.54) is 24.3 Å². The maximum Gasteiger partial charge on any atom is 0.326 e. The average Bonchev–Trinajstić information content (AvgIpc) is 3.10. The number of guanidine groups is 1. The molecule has 0 saturated carbocycles. The number of phenolic OH excluding ortho intramolecular Hbond substituents is 1. The zero-order valence-corrected chi connectivity index (χ0v) is 29.7. The van der Waals surface area contributed by atoms with Crippen molar-refractivity contribution in [3.63, 3.8) is 0 Å². The van der Waals surface area contributed by atoms with Crippen molar-refractivity contribution >= 4 is 54.1 Å². The Bertz CT molecular complexity index is 1350. The van der Waals surface area contributed by atoms with Crippen LogP contribution in [0.4, 0.5) is 0 Å². The van der Waals surface area contributed by atoms with Crippen molar-refractivity contribution < 1.29 is 44.1 Å². The van der Waals surface area contributed by atoms with Crippen LogP contribution >= 0.6 is 12.6 Å². The van der Waals surface area contributed by atoms with Crippen molar-refractivity contribution in [1.29, 1.82) is 0 Å². The van der Waals surface area contributed by atoms with Gasteiger partial charge in [0.2, 0.25) is 29.5 Å². The second kappa shape index (κ2) is 24.5. The fraction of sp³-hybridized carbons (Fsp3) is 0.581. The second-order valence-electron chi connectivity index (χ2n) is 11.8. The van der Waals surface area contributed by atoms with Gasteiger partial charge < -0.3 is 70.6 Å².